The van der Waals surface area contributed by atoms with Gasteiger partial charge in [-0.25, -0.2) is 4.39 Å². The van der Waals surface area contributed by atoms with E-state index in [1.54, 1.807) is 4.90 Å². The van der Waals surface area contributed by atoms with Gasteiger partial charge in [-0.05, 0) is 37.1 Å². The first-order valence-electron chi connectivity index (χ1n) is 11.0. The molecule has 3 heterocycles. The Bertz CT molecular complexity index is 1220. The standard InChI is InChI=1S/C25H25FN2O4/c1-16-3-5-17(6-4-16)22-21-23(29)19-15-18(26)7-8-20(19)32-24(21)25(30)28(22)10-2-9-27-11-13-31-14-12-27/h3-8,15,22H,2,9-14H2,1H3. The number of nitrogens with zero attached hydrogens (tertiary/aromatic N) is 2. The quantitative estimate of drug-likeness (QED) is 0.613. The smallest absolute Gasteiger partial charge is 0.290 e. The Morgan fingerprint density at radius 1 is 1.03 bits per heavy atom. The zero-order valence-electron chi connectivity index (χ0n) is 18.0. The first-order chi connectivity index (χ1) is 15.5. The van der Waals surface area contributed by atoms with Crippen molar-refractivity contribution in [1.29, 1.82) is 0 Å². The molecular formula is C25H25FN2O4. The van der Waals surface area contributed by atoms with E-state index in [1.807, 2.05) is 31.2 Å². The lowest BCUT2D eigenvalue weighted by molar-refractivity contribution is 0.0353. The van der Waals surface area contributed by atoms with E-state index in [4.69, 9.17) is 9.15 Å². The molecule has 1 fully saturated rings. The van der Waals surface area contributed by atoms with E-state index in [1.165, 1.54) is 18.2 Å². The van der Waals surface area contributed by atoms with Crippen molar-refractivity contribution in [2.75, 3.05) is 39.4 Å². The summed E-state index contributed by atoms with van der Waals surface area (Å²) in [6.45, 7) is 6.53. The van der Waals surface area contributed by atoms with Crippen molar-refractivity contribution in [1.82, 2.24) is 9.80 Å². The predicted octanol–water partition coefficient (Wildman–Crippen LogP) is 3.51. The summed E-state index contributed by atoms with van der Waals surface area (Å²) in [6, 6.07) is 11.1. The van der Waals surface area contributed by atoms with Crippen LogP contribution in [0, 0.1) is 12.7 Å². The average Bonchev–Trinajstić information content (AvgIpc) is 3.08. The molecule has 2 aromatic carbocycles. The Morgan fingerprint density at radius 3 is 2.53 bits per heavy atom. The van der Waals surface area contributed by atoms with Crippen LogP contribution >= 0.6 is 0 Å². The molecule has 6 nitrogen and oxygen atoms in total. The molecular weight excluding hydrogens is 411 g/mol. The monoisotopic (exact) mass is 436 g/mol. The second-order valence-electron chi connectivity index (χ2n) is 8.43. The fourth-order valence-corrected chi connectivity index (χ4v) is 4.61. The molecule has 1 atom stereocenters. The molecule has 0 N–H and O–H groups in total. The van der Waals surface area contributed by atoms with Crippen molar-refractivity contribution < 1.29 is 18.3 Å². The third-order valence-corrected chi connectivity index (χ3v) is 6.30. The zero-order chi connectivity index (χ0) is 22.2. The van der Waals surface area contributed by atoms with Gasteiger partial charge in [0, 0.05) is 26.2 Å². The van der Waals surface area contributed by atoms with Crippen molar-refractivity contribution in [3.63, 3.8) is 0 Å². The second kappa shape index (κ2) is 8.48. The number of rotatable bonds is 5. The fraction of sp³-hybridized carbons (Fsp3) is 0.360. The number of amides is 1. The van der Waals surface area contributed by atoms with Gasteiger partial charge in [-0.2, -0.15) is 0 Å². The van der Waals surface area contributed by atoms with Crippen LogP contribution in [0.2, 0.25) is 0 Å². The van der Waals surface area contributed by atoms with Gasteiger partial charge in [0.05, 0.1) is 30.2 Å². The van der Waals surface area contributed by atoms with Crippen molar-refractivity contribution in [3.05, 3.63) is 81.0 Å². The van der Waals surface area contributed by atoms with Crippen LogP contribution in [0.1, 0.15) is 39.7 Å². The van der Waals surface area contributed by atoms with Crippen molar-refractivity contribution in [2.24, 2.45) is 0 Å². The summed E-state index contributed by atoms with van der Waals surface area (Å²) in [7, 11) is 0. The van der Waals surface area contributed by atoms with Gasteiger partial charge >= 0.3 is 0 Å². The number of hydrogen-bond acceptors (Lipinski definition) is 5. The minimum absolute atomic E-state index is 0.0612. The van der Waals surface area contributed by atoms with Crippen LogP contribution < -0.4 is 5.43 Å². The number of carbonyl (C=O) groups excluding carboxylic acids is 1. The van der Waals surface area contributed by atoms with Gasteiger partial charge in [0.2, 0.25) is 5.76 Å². The molecule has 0 bridgehead atoms. The molecule has 2 aliphatic rings. The van der Waals surface area contributed by atoms with Gasteiger partial charge in [-0.15, -0.1) is 0 Å². The molecule has 0 radical (unpaired) electrons. The summed E-state index contributed by atoms with van der Waals surface area (Å²) in [5.74, 6) is -0.745. The summed E-state index contributed by atoms with van der Waals surface area (Å²) in [5, 5.41) is 0.156. The molecule has 0 saturated carbocycles. The number of hydrogen-bond donors (Lipinski definition) is 0. The van der Waals surface area contributed by atoms with Crippen molar-refractivity contribution in [3.8, 4) is 0 Å². The maximum atomic E-state index is 13.9. The number of benzene rings is 2. The Hall–Kier alpha value is -3.03. The van der Waals surface area contributed by atoms with Crippen LogP contribution in [0.5, 0.6) is 0 Å². The summed E-state index contributed by atoms with van der Waals surface area (Å²) >= 11 is 0. The molecule has 32 heavy (non-hydrogen) atoms. The molecule has 166 valence electrons. The van der Waals surface area contributed by atoms with E-state index in [-0.39, 0.29) is 28.1 Å². The van der Waals surface area contributed by atoms with Gasteiger partial charge in [-0.3, -0.25) is 14.5 Å². The third kappa shape index (κ3) is 3.72. The minimum atomic E-state index is -0.549. The Kier molecular flexibility index (Phi) is 5.53. The first kappa shape index (κ1) is 20.8. The molecule has 0 aliphatic carbocycles. The zero-order valence-corrected chi connectivity index (χ0v) is 18.0. The maximum Gasteiger partial charge on any atom is 0.290 e. The molecule has 0 spiro atoms. The summed E-state index contributed by atoms with van der Waals surface area (Å²) in [6.07, 6.45) is 0.768. The topological polar surface area (TPSA) is 63.0 Å². The SMILES string of the molecule is Cc1ccc(C2c3c(oc4ccc(F)cc4c3=O)C(=O)N2CCCN2CCOCC2)cc1. The Balaban J connectivity index is 1.53. The van der Waals surface area contributed by atoms with Crippen molar-refractivity contribution >= 4 is 16.9 Å². The van der Waals surface area contributed by atoms with E-state index < -0.39 is 11.9 Å². The number of aryl methyl sites for hydroxylation is 1. The molecule has 1 aromatic heterocycles. The number of morpholine rings is 1. The van der Waals surface area contributed by atoms with E-state index >= 15 is 0 Å². The summed E-state index contributed by atoms with van der Waals surface area (Å²) < 4.78 is 25.1. The molecule has 1 unspecified atom stereocenters. The van der Waals surface area contributed by atoms with Crippen LogP contribution in [-0.4, -0.2) is 55.1 Å². The van der Waals surface area contributed by atoms with Crippen LogP contribution in [-0.2, 0) is 4.74 Å². The van der Waals surface area contributed by atoms with Gasteiger partial charge in [0.25, 0.3) is 5.91 Å². The lowest BCUT2D eigenvalue weighted by atomic mass is 9.97. The normalized spacial score (nSPS) is 19.0. The fourth-order valence-electron chi connectivity index (χ4n) is 4.61. The maximum absolute atomic E-state index is 13.9. The van der Waals surface area contributed by atoms with E-state index in [0.29, 0.717) is 12.1 Å². The molecule has 5 rings (SSSR count). The highest BCUT2D eigenvalue weighted by Gasteiger charge is 2.42. The van der Waals surface area contributed by atoms with Gasteiger partial charge < -0.3 is 14.1 Å². The minimum Gasteiger partial charge on any atom is -0.450 e. The van der Waals surface area contributed by atoms with Crippen LogP contribution in [0.3, 0.4) is 0 Å². The van der Waals surface area contributed by atoms with Crippen LogP contribution in [0.15, 0.2) is 51.7 Å². The first-order valence-corrected chi connectivity index (χ1v) is 11.0. The lowest BCUT2D eigenvalue weighted by Gasteiger charge is -2.29. The number of ether oxygens (including phenoxy) is 1. The molecule has 2 aliphatic heterocycles. The van der Waals surface area contributed by atoms with Crippen molar-refractivity contribution in [2.45, 2.75) is 19.4 Å². The molecule has 1 amide bonds. The average molecular weight is 436 g/mol. The summed E-state index contributed by atoms with van der Waals surface area (Å²) in [4.78, 5) is 30.8. The Morgan fingerprint density at radius 2 is 1.78 bits per heavy atom. The highest BCUT2D eigenvalue weighted by atomic mass is 19.1. The Labute approximate surface area is 185 Å². The highest BCUT2D eigenvalue weighted by Crippen LogP contribution is 2.38. The van der Waals surface area contributed by atoms with Crippen LogP contribution in [0.25, 0.3) is 11.0 Å². The van der Waals surface area contributed by atoms with E-state index in [9.17, 15) is 14.0 Å². The molecule has 1 saturated heterocycles. The number of carbonyl (C=O) groups is 1. The van der Waals surface area contributed by atoms with Gasteiger partial charge in [-0.1, -0.05) is 29.8 Å². The van der Waals surface area contributed by atoms with E-state index in [0.717, 1.165) is 50.4 Å². The predicted molar refractivity (Wildman–Crippen MR) is 118 cm³/mol. The second-order valence-corrected chi connectivity index (χ2v) is 8.43. The molecule has 7 heteroatoms. The summed E-state index contributed by atoms with van der Waals surface area (Å²) in [5.41, 5.74) is 2.10. The largest absolute Gasteiger partial charge is 0.450 e. The number of fused-ring (bicyclic) bond motifs is 2. The number of halogens is 1. The van der Waals surface area contributed by atoms with E-state index in [2.05, 4.69) is 4.90 Å². The van der Waals surface area contributed by atoms with Gasteiger partial charge in [0.1, 0.15) is 11.4 Å². The van der Waals surface area contributed by atoms with Crippen LogP contribution in [0.4, 0.5) is 4.39 Å². The van der Waals surface area contributed by atoms with Gasteiger partial charge in [0.15, 0.2) is 5.43 Å². The lowest BCUT2D eigenvalue weighted by Crippen LogP contribution is -2.38. The highest BCUT2D eigenvalue weighted by molar-refractivity contribution is 5.99. The molecule has 3 aromatic rings. The third-order valence-electron chi connectivity index (χ3n) is 6.30.